The summed E-state index contributed by atoms with van der Waals surface area (Å²) < 4.78 is 6.48. The van der Waals surface area contributed by atoms with Crippen LogP contribution in [0, 0.1) is 10.1 Å². The number of rotatable bonds is 4. The van der Waals surface area contributed by atoms with Gasteiger partial charge in [0.05, 0.1) is 17.4 Å². The molecule has 0 bridgehead atoms. The lowest BCUT2D eigenvalue weighted by Gasteiger charge is -1.91. The van der Waals surface area contributed by atoms with E-state index in [4.69, 9.17) is 4.52 Å². The average Bonchev–Trinajstić information content (AvgIpc) is 3.10. The fourth-order valence-corrected chi connectivity index (χ4v) is 1.70. The minimum Gasteiger partial charge on any atom is -0.358 e. The standard InChI is InChI=1S/C12H9N5O3/c18-17(19)10-6-7-16(14-10)8-11-13-12(15-20-11)9-4-2-1-3-5-9/h1-7H,8H2. The minimum absolute atomic E-state index is 0.188. The third-order valence-electron chi connectivity index (χ3n) is 2.61. The molecule has 0 aliphatic carbocycles. The van der Waals surface area contributed by atoms with Crippen LogP contribution in [0.4, 0.5) is 5.82 Å². The molecule has 0 atom stereocenters. The second-order valence-corrected chi connectivity index (χ2v) is 4.01. The predicted octanol–water partition coefficient (Wildman–Crippen LogP) is 1.89. The molecule has 2 aromatic heterocycles. The van der Waals surface area contributed by atoms with E-state index in [9.17, 15) is 10.1 Å². The largest absolute Gasteiger partial charge is 0.389 e. The van der Waals surface area contributed by atoms with Crippen LogP contribution in [0.15, 0.2) is 47.1 Å². The van der Waals surface area contributed by atoms with Gasteiger partial charge < -0.3 is 14.6 Å². The normalized spacial score (nSPS) is 10.6. The van der Waals surface area contributed by atoms with Crippen molar-refractivity contribution in [1.82, 2.24) is 19.9 Å². The van der Waals surface area contributed by atoms with Gasteiger partial charge in [0.25, 0.3) is 5.89 Å². The smallest absolute Gasteiger partial charge is 0.358 e. The molecule has 8 nitrogen and oxygen atoms in total. The van der Waals surface area contributed by atoms with Crippen molar-refractivity contribution >= 4 is 5.82 Å². The summed E-state index contributed by atoms with van der Waals surface area (Å²) in [5.41, 5.74) is 0.842. The Morgan fingerprint density at radius 3 is 2.75 bits per heavy atom. The maximum atomic E-state index is 10.5. The van der Waals surface area contributed by atoms with E-state index in [0.29, 0.717) is 11.7 Å². The number of aromatic nitrogens is 4. The van der Waals surface area contributed by atoms with Gasteiger partial charge in [-0.3, -0.25) is 0 Å². The Morgan fingerprint density at radius 1 is 1.25 bits per heavy atom. The first-order valence-corrected chi connectivity index (χ1v) is 5.78. The molecule has 0 N–H and O–H groups in total. The molecule has 0 spiro atoms. The first-order valence-electron chi connectivity index (χ1n) is 5.78. The predicted molar refractivity (Wildman–Crippen MR) is 67.7 cm³/mol. The molecular weight excluding hydrogens is 262 g/mol. The van der Waals surface area contributed by atoms with Gasteiger partial charge in [0.15, 0.2) is 0 Å². The summed E-state index contributed by atoms with van der Waals surface area (Å²) >= 11 is 0. The zero-order valence-corrected chi connectivity index (χ0v) is 10.2. The molecule has 100 valence electrons. The molecule has 1 aromatic carbocycles. The maximum Gasteiger partial charge on any atom is 0.389 e. The highest BCUT2D eigenvalue weighted by Crippen LogP contribution is 2.15. The fraction of sp³-hybridized carbons (Fsp3) is 0.0833. The molecule has 0 amide bonds. The highest BCUT2D eigenvalue weighted by molar-refractivity contribution is 5.53. The van der Waals surface area contributed by atoms with Gasteiger partial charge >= 0.3 is 5.82 Å². The molecule has 0 saturated heterocycles. The minimum atomic E-state index is -0.556. The van der Waals surface area contributed by atoms with Crippen LogP contribution >= 0.6 is 0 Å². The maximum absolute atomic E-state index is 10.5. The van der Waals surface area contributed by atoms with Gasteiger partial charge in [0.1, 0.15) is 6.54 Å². The van der Waals surface area contributed by atoms with Gasteiger partial charge in [-0.25, -0.2) is 0 Å². The fourth-order valence-electron chi connectivity index (χ4n) is 1.70. The van der Waals surface area contributed by atoms with E-state index >= 15 is 0 Å². The molecule has 2 heterocycles. The van der Waals surface area contributed by atoms with Crippen molar-refractivity contribution < 1.29 is 9.45 Å². The van der Waals surface area contributed by atoms with E-state index in [2.05, 4.69) is 15.2 Å². The van der Waals surface area contributed by atoms with E-state index < -0.39 is 4.92 Å². The highest BCUT2D eigenvalue weighted by atomic mass is 16.6. The number of hydrogen-bond acceptors (Lipinski definition) is 6. The summed E-state index contributed by atoms with van der Waals surface area (Å²) in [4.78, 5) is 14.2. The quantitative estimate of drug-likeness (QED) is 0.530. The van der Waals surface area contributed by atoms with Crippen LogP contribution in [-0.4, -0.2) is 24.8 Å². The lowest BCUT2D eigenvalue weighted by Crippen LogP contribution is -2.01. The van der Waals surface area contributed by atoms with E-state index in [1.807, 2.05) is 30.3 Å². The van der Waals surface area contributed by atoms with E-state index in [0.717, 1.165) is 5.56 Å². The molecule has 3 aromatic rings. The van der Waals surface area contributed by atoms with Crippen LogP contribution < -0.4 is 0 Å². The first-order chi connectivity index (χ1) is 9.72. The molecule has 0 fully saturated rings. The Morgan fingerprint density at radius 2 is 2.05 bits per heavy atom. The second-order valence-electron chi connectivity index (χ2n) is 4.01. The van der Waals surface area contributed by atoms with Gasteiger partial charge in [-0.1, -0.05) is 35.5 Å². The molecule has 0 radical (unpaired) electrons. The number of nitro groups is 1. The summed E-state index contributed by atoms with van der Waals surface area (Å²) in [6.07, 6.45) is 1.49. The molecule has 0 aliphatic heterocycles. The Hall–Kier alpha value is -3.03. The number of benzene rings is 1. The third kappa shape index (κ3) is 2.39. The lowest BCUT2D eigenvalue weighted by atomic mass is 10.2. The molecule has 3 rings (SSSR count). The Balaban J connectivity index is 1.78. The van der Waals surface area contributed by atoms with Crippen molar-refractivity contribution in [2.24, 2.45) is 0 Å². The summed E-state index contributed by atoms with van der Waals surface area (Å²) in [7, 11) is 0. The van der Waals surface area contributed by atoms with Gasteiger partial charge in [0.2, 0.25) is 5.82 Å². The van der Waals surface area contributed by atoms with Crippen molar-refractivity contribution in [1.29, 1.82) is 0 Å². The zero-order chi connectivity index (χ0) is 13.9. The first kappa shape index (κ1) is 12.0. The summed E-state index contributed by atoms with van der Waals surface area (Å²) in [5, 5.41) is 18.2. The van der Waals surface area contributed by atoms with Crippen LogP contribution in [0.3, 0.4) is 0 Å². The van der Waals surface area contributed by atoms with E-state index in [-0.39, 0.29) is 12.4 Å². The molecular formula is C12H9N5O3. The molecule has 0 aliphatic rings. The Bertz CT molecular complexity index is 734. The van der Waals surface area contributed by atoms with Crippen LogP contribution in [0.1, 0.15) is 5.89 Å². The molecule has 0 unspecified atom stereocenters. The summed E-state index contributed by atoms with van der Waals surface area (Å²) in [6.45, 7) is 0.188. The van der Waals surface area contributed by atoms with E-state index in [1.165, 1.54) is 16.9 Å². The van der Waals surface area contributed by atoms with Crippen molar-refractivity contribution in [3.05, 3.63) is 58.6 Å². The van der Waals surface area contributed by atoms with Crippen LogP contribution in [0.2, 0.25) is 0 Å². The zero-order valence-electron chi connectivity index (χ0n) is 10.2. The topological polar surface area (TPSA) is 99.9 Å². The van der Waals surface area contributed by atoms with Gasteiger partial charge in [0, 0.05) is 5.56 Å². The van der Waals surface area contributed by atoms with Crippen LogP contribution in [0.25, 0.3) is 11.4 Å². The van der Waals surface area contributed by atoms with Crippen LogP contribution in [-0.2, 0) is 6.54 Å². The SMILES string of the molecule is O=[N+]([O-])c1ccn(Cc2nc(-c3ccccc3)no2)n1. The molecule has 0 saturated carbocycles. The van der Waals surface area contributed by atoms with Gasteiger partial charge in [-0.15, -0.1) is 0 Å². The van der Waals surface area contributed by atoms with Crippen molar-refractivity contribution in [2.75, 3.05) is 0 Å². The van der Waals surface area contributed by atoms with Gasteiger partial charge in [-0.05, 0) is 4.92 Å². The second kappa shape index (κ2) is 4.92. The number of nitrogens with zero attached hydrogens (tertiary/aromatic N) is 5. The summed E-state index contributed by atoms with van der Waals surface area (Å²) in [5.74, 6) is 0.594. The number of hydrogen-bond donors (Lipinski definition) is 0. The average molecular weight is 271 g/mol. The van der Waals surface area contributed by atoms with Crippen molar-refractivity contribution in [2.45, 2.75) is 6.54 Å². The van der Waals surface area contributed by atoms with Crippen molar-refractivity contribution in [3.63, 3.8) is 0 Å². The highest BCUT2D eigenvalue weighted by Gasteiger charge is 2.14. The van der Waals surface area contributed by atoms with Crippen molar-refractivity contribution in [3.8, 4) is 11.4 Å². The van der Waals surface area contributed by atoms with E-state index in [1.54, 1.807) is 0 Å². The Labute approximate surface area is 112 Å². The summed E-state index contributed by atoms with van der Waals surface area (Å²) in [6, 6.07) is 10.7. The Kier molecular flexibility index (Phi) is 2.96. The van der Waals surface area contributed by atoms with Gasteiger partial charge in [-0.2, -0.15) is 9.67 Å². The monoisotopic (exact) mass is 271 g/mol. The molecule has 20 heavy (non-hydrogen) atoms. The van der Waals surface area contributed by atoms with Crippen LogP contribution in [0.5, 0.6) is 0 Å². The lowest BCUT2D eigenvalue weighted by molar-refractivity contribution is -0.389. The molecule has 8 heteroatoms. The third-order valence-corrected chi connectivity index (χ3v) is 2.61.